The molecule has 2 rings (SSSR count). The first-order chi connectivity index (χ1) is 10.6. The van der Waals surface area contributed by atoms with Crippen LogP contribution in [-0.2, 0) is 6.18 Å². The molecule has 0 radical (unpaired) electrons. The maximum Gasteiger partial charge on any atom is 0.416 e. The second-order valence-corrected chi connectivity index (χ2v) is 6.16. The largest absolute Gasteiger partial charge is 0.477 e. The van der Waals surface area contributed by atoms with E-state index in [9.17, 15) is 22.8 Å². The van der Waals surface area contributed by atoms with Crippen molar-refractivity contribution in [3.05, 3.63) is 63.6 Å². The van der Waals surface area contributed by atoms with Crippen LogP contribution in [0, 0.1) is 0 Å². The molecule has 1 aromatic carbocycles. The summed E-state index contributed by atoms with van der Waals surface area (Å²) in [6.45, 7) is 1.68. The SMILES string of the molecule is CC(Br)c1ccc(C(=O)O)c(=O)n1-c1cccc(C(F)(F)F)c1. The summed E-state index contributed by atoms with van der Waals surface area (Å²) in [5, 5.41) is 9.05. The fourth-order valence-corrected chi connectivity index (χ4v) is 2.47. The Labute approximate surface area is 137 Å². The van der Waals surface area contributed by atoms with E-state index in [-0.39, 0.29) is 10.5 Å². The lowest BCUT2D eigenvalue weighted by Gasteiger charge is -2.17. The maximum absolute atomic E-state index is 12.9. The molecule has 1 heterocycles. The van der Waals surface area contributed by atoms with Crippen LogP contribution in [0.2, 0.25) is 0 Å². The van der Waals surface area contributed by atoms with Crippen LogP contribution in [0.4, 0.5) is 13.2 Å². The van der Waals surface area contributed by atoms with Crippen molar-refractivity contribution in [2.24, 2.45) is 0 Å². The first-order valence-corrected chi connectivity index (χ1v) is 7.35. The highest BCUT2D eigenvalue weighted by atomic mass is 79.9. The van der Waals surface area contributed by atoms with Crippen LogP contribution in [0.1, 0.15) is 33.4 Å². The first-order valence-electron chi connectivity index (χ1n) is 6.44. The number of pyridine rings is 1. The van der Waals surface area contributed by atoms with E-state index in [0.29, 0.717) is 5.69 Å². The van der Waals surface area contributed by atoms with Gasteiger partial charge in [-0.3, -0.25) is 9.36 Å². The Balaban J connectivity index is 2.78. The first kappa shape index (κ1) is 17.3. The Hall–Kier alpha value is -2.09. The lowest BCUT2D eigenvalue weighted by Crippen LogP contribution is -2.28. The normalized spacial score (nSPS) is 12.9. The zero-order valence-electron chi connectivity index (χ0n) is 11.8. The molecule has 0 fully saturated rings. The summed E-state index contributed by atoms with van der Waals surface area (Å²) in [5.41, 5.74) is -2.02. The van der Waals surface area contributed by atoms with E-state index in [4.69, 9.17) is 5.11 Å². The molecule has 0 aliphatic carbocycles. The highest BCUT2D eigenvalue weighted by Gasteiger charge is 2.31. The van der Waals surface area contributed by atoms with Crippen molar-refractivity contribution in [2.75, 3.05) is 0 Å². The number of aromatic nitrogens is 1. The van der Waals surface area contributed by atoms with Crippen molar-refractivity contribution in [2.45, 2.75) is 17.9 Å². The Morgan fingerprint density at radius 3 is 2.43 bits per heavy atom. The van der Waals surface area contributed by atoms with Crippen molar-refractivity contribution in [1.29, 1.82) is 0 Å². The van der Waals surface area contributed by atoms with Crippen LogP contribution < -0.4 is 5.56 Å². The summed E-state index contributed by atoms with van der Waals surface area (Å²) in [7, 11) is 0. The second kappa shape index (κ2) is 6.19. The number of carboxylic acids is 1. The van der Waals surface area contributed by atoms with Gasteiger partial charge in [0.2, 0.25) is 0 Å². The standard InChI is InChI=1S/C15H11BrF3NO3/c1-8(16)12-6-5-11(14(22)23)13(21)20(12)10-4-2-3-9(7-10)15(17,18)19/h2-8H,1H3,(H,22,23). The van der Waals surface area contributed by atoms with E-state index in [0.717, 1.165) is 22.8 Å². The third-order valence-corrected chi connectivity index (χ3v) is 3.65. The van der Waals surface area contributed by atoms with Crippen molar-refractivity contribution < 1.29 is 23.1 Å². The van der Waals surface area contributed by atoms with Crippen LogP contribution in [-0.4, -0.2) is 15.6 Å². The zero-order chi connectivity index (χ0) is 17.4. The molecule has 0 aliphatic heterocycles. The number of carbonyl (C=O) groups is 1. The number of nitrogens with zero attached hydrogens (tertiary/aromatic N) is 1. The van der Waals surface area contributed by atoms with Crippen LogP contribution in [0.15, 0.2) is 41.2 Å². The predicted molar refractivity (Wildman–Crippen MR) is 81.3 cm³/mol. The molecule has 0 bridgehead atoms. The summed E-state index contributed by atoms with van der Waals surface area (Å²) in [6.07, 6.45) is -4.57. The fourth-order valence-electron chi connectivity index (χ4n) is 2.11. The molecule has 8 heteroatoms. The molecule has 0 spiro atoms. The minimum Gasteiger partial charge on any atom is -0.477 e. The van der Waals surface area contributed by atoms with Crippen LogP contribution in [0.3, 0.4) is 0 Å². The van der Waals surface area contributed by atoms with Gasteiger partial charge >= 0.3 is 12.1 Å². The van der Waals surface area contributed by atoms with Crippen molar-refractivity contribution in [1.82, 2.24) is 4.57 Å². The monoisotopic (exact) mass is 389 g/mol. The van der Waals surface area contributed by atoms with Gasteiger partial charge in [-0.25, -0.2) is 4.79 Å². The molecule has 122 valence electrons. The summed E-state index contributed by atoms with van der Waals surface area (Å²) in [6, 6.07) is 6.72. The average Bonchev–Trinajstić information content (AvgIpc) is 2.45. The topological polar surface area (TPSA) is 59.3 Å². The molecular formula is C15H11BrF3NO3. The number of halogens is 4. The van der Waals surface area contributed by atoms with Crippen LogP contribution in [0.5, 0.6) is 0 Å². The Kier molecular flexibility index (Phi) is 4.65. The molecular weight excluding hydrogens is 379 g/mol. The lowest BCUT2D eigenvalue weighted by atomic mass is 10.1. The molecule has 0 aliphatic rings. The van der Waals surface area contributed by atoms with Gasteiger partial charge in [-0.05, 0) is 37.3 Å². The Morgan fingerprint density at radius 2 is 1.91 bits per heavy atom. The molecule has 1 N–H and O–H groups in total. The predicted octanol–water partition coefficient (Wildman–Crippen LogP) is 4.01. The number of alkyl halides is 4. The highest BCUT2D eigenvalue weighted by molar-refractivity contribution is 9.09. The van der Waals surface area contributed by atoms with Gasteiger partial charge in [-0.15, -0.1) is 0 Å². The van der Waals surface area contributed by atoms with E-state index in [1.165, 1.54) is 18.2 Å². The van der Waals surface area contributed by atoms with Gasteiger partial charge in [-0.2, -0.15) is 13.2 Å². The Bertz CT molecular complexity index is 812. The molecule has 1 atom stereocenters. The van der Waals surface area contributed by atoms with E-state index in [1.807, 2.05) is 0 Å². The number of carboxylic acid groups (broad SMARTS) is 1. The third kappa shape index (κ3) is 3.47. The van der Waals surface area contributed by atoms with Crippen molar-refractivity contribution in [3.8, 4) is 5.69 Å². The third-order valence-electron chi connectivity index (χ3n) is 3.18. The summed E-state index contributed by atoms with van der Waals surface area (Å²) in [5.74, 6) is -1.44. The maximum atomic E-state index is 12.9. The van der Waals surface area contributed by atoms with E-state index < -0.39 is 28.8 Å². The number of benzene rings is 1. The minimum atomic E-state index is -4.57. The Morgan fingerprint density at radius 1 is 1.26 bits per heavy atom. The van der Waals surface area contributed by atoms with Crippen LogP contribution >= 0.6 is 15.9 Å². The molecule has 23 heavy (non-hydrogen) atoms. The molecule has 1 aromatic heterocycles. The molecule has 1 unspecified atom stereocenters. The van der Waals surface area contributed by atoms with E-state index in [2.05, 4.69) is 15.9 Å². The smallest absolute Gasteiger partial charge is 0.416 e. The number of aromatic carboxylic acids is 1. The lowest BCUT2D eigenvalue weighted by molar-refractivity contribution is -0.137. The van der Waals surface area contributed by atoms with Gasteiger partial charge < -0.3 is 5.11 Å². The summed E-state index contributed by atoms with van der Waals surface area (Å²) < 4.78 is 39.6. The number of rotatable bonds is 3. The fraction of sp³-hybridized carbons (Fsp3) is 0.200. The van der Waals surface area contributed by atoms with Gasteiger partial charge in [0.15, 0.2) is 0 Å². The van der Waals surface area contributed by atoms with E-state index in [1.54, 1.807) is 6.92 Å². The molecule has 2 aromatic rings. The summed E-state index contributed by atoms with van der Waals surface area (Å²) >= 11 is 3.26. The van der Waals surface area contributed by atoms with Crippen LogP contribution in [0.25, 0.3) is 5.69 Å². The van der Waals surface area contributed by atoms with Gasteiger partial charge in [0.05, 0.1) is 10.4 Å². The molecule has 0 saturated carbocycles. The van der Waals surface area contributed by atoms with Gasteiger partial charge in [0.25, 0.3) is 5.56 Å². The molecule has 0 amide bonds. The summed E-state index contributed by atoms with van der Waals surface area (Å²) in [4.78, 5) is 23.1. The average molecular weight is 390 g/mol. The van der Waals surface area contributed by atoms with Crippen molar-refractivity contribution in [3.63, 3.8) is 0 Å². The quantitative estimate of drug-likeness (QED) is 0.806. The molecule has 0 saturated heterocycles. The number of hydrogen-bond donors (Lipinski definition) is 1. The van der Waals surface area contributed by atoms with Gasteiger partial charge in [0, 0.05) is 11.4 Å². The second-order valence-electron chi connectivity index (χ2n) is 4.78. The highest BCUT2D eigenvalue weighted by Crippen LogP contribution is 2.31. The molecule has 4 nitrogen and oxygen atoms in total. The van der Waals surface area contributed by atoms with Crippen molar-refractivity contribution >= 4 is 21.9 Å². The zero-order valence-corrected chi connectivity index (χ0v) is 13.4. The minimum absolute atomic E-state index is 0.0470. The van der Waals surface area contributed by atoms with E-state index >= 15 is 0 Å². The number of hydrogen-bond acceptors (Lipinski definition) is 2. The van der Waals surface area contributed by atoms with Gasteiger partial charge in [0.1, 0.15) is 5.56 Å². The van der Waals surface area contributed by atoms with Gasteiger partial charge in [-0.1, -0.05) is 22.0 Å².